The van der Waals surface area contributed by atoms with Gasteiger partial charge >= 0.3 is 6.03 Å². The Morgan fingerprint density at radius 2 is 1.72 bits per heavy atom. The SMILES string of the molecule is CN(C)[C@]1(c2ccccc2)CC[C@]2(CC1)CN(CC(=O)Nc1ccccn1)C(=O)N2CC1(O)CCC1. The summed E-state index contributed by atoms with van der Waals surface area (Å²) < 4.78 is 0. The van der Waals surface area contributed by atoms with E-state index >= 15 is 0 Å². The highest BCUT2D eigenvalue weighted by atomic mass is 16.3. The fraction of sp³-hybridized carbons (Fsp3) is 0.536. The third-order valence-corrected chi connectivity index (χ3v) is 8.74. The lowest BCUT2D eigenvalue weighted by Crippen LogP contribution is -2.59. The number of carbonyl (C=O) groups is 2. The van der Waals surface area contributed by atoms with Crippen molar-refractivity contribution < 1.29 is 14.7 Å². The molecule has 0 atom stereocenters. The van der Waals surface area contributed by atoms with Crippen LogP contribution in [0.5, 0.6) is 0 Å². The molecular weight excluding hydrogens is 454 g/mol. The molecule has 3 fully saturated rings. The zero-order chi connectivity index (χ0) is 25.4. The summed E-state index contributed by atoms with van der Waals surface area (Å²) in [5.74, 6) is 0.213. The molecule has 1 spiro atoms. The van der Waals surface area contributed by atoms with Crippen LogP contribution in [0.25, 0.3) is 0 Å². The van der Waals surface area contributed by atoms with Crippen molar-refractivity contribution in [3.05, 3.63) is 60.3 Å². The number of rotatable bonds is 7. The van der Waals surface area contributed by atoms with Crippen molar-refractivity contribution in [2.75, 3.05) is 39.0 Å². The molecule has 1 aromatic carbocycles. The van der Waals surface area contributed by atoms with Crippen LogP contribution in [0.4, 0.5) is 10.6 Å². The van der Waals surface area contributed by atoms with Crippen molar-refractivity contribution in [2.45, 2.75) is 61.6 Å². The summed E-state index contributed by atoms with van der Waals surface area (Å²) in [6.45, 7) is 0.809. The summed E-state index contributed by atoms with van der Waals surface area (Å²) in [4.78, 5) is 36.5. The molecule has 2 heterocycles. The monoisotopic (exact) mass is 491 g/mol. The van der Waals surface area contributed by atoms with Crippen LogP contribution in [0.3, 0.4) is 0 Å². The van der Waals surface area contributed by atoms with Gasteiger partial charge in [-0.1, -0.05) is 36.4 Å². The van der Waals surface area contributed by atoms with Gasteiger partial charge in [-0.25, -0.2) is 9.78 Å². The first-order chi connectivity index (χ1) is 17.3. The number of pyridine rings is 1. The number of nitrogens with one attached hydrogen (secondary N) is 1. The van der Waals surface area contributed by atoms with E-state index in [1.807, 2.05) is 17.0 Å². The minimum atomic E-state index is -0.815. The number of aliphatic hydroxyl groups is 1. The van der Waals surface area contributed by atoms with Crippen molar-refractivity contribution in [3.8, 4) is 0 Å². The van der Waals surface area contributed by atoms with Crippen molar-refractivity contribution >= 4 is 17.8 Å². The summed E-state index contributed by atoms with van der Waals surface area (Å²) in [7, 11) is 4.27. The van der Waals surface area contributed by atoms with Gasteiger partial charge in [-0.15, -0.1) is 0 Å². The van der Waals surface area contributed by atoms with E-state index in [0.717, 1.165) is 44.9 Å². The van der Waals surface area contributed by atoms with Gasteiger partial charge in [0.25, 0.3) is 0 Å². The van der Waals surface area contributed by atoms with E-state index in [1.165, 1.54) is 5.56 Å². The topological polar surface area (TPSA) is 89.0 Å². The molecule has 5 rings (SSSR count). The minimum Gasteiger partial charge on any atom is -0.388 e. The molecular formula is C28H37N5O3. The van der Waals surface area contributed by atoms with Crippen molar-refractivity contribution in [3.63, 3.8) is 0 Å². The second kappa shape index (κ2) is 9.48. The van der Waals surface area contributed by atoms with Crippen LogP contribution in [-0.4, -0.2) is 81.6 Å². The van der Waals surface area contributed by atoms with Crippen LogP contribution < -0.4 is 5.32 Å². The average Bonchev–Trinajstić information content (AvgIpc) is 3.09. The van der Waals surface area contributed by atoms with Crippen molar-refractivity contribution in [1.82, 2.24) is 19.7 Å². The van der Waals surface area contributed by atoms with Gasteiger partial charge in [0.2, 0.25) is 5.91 Å². The van der Waals surface area contributed by atoms with Crippen LogP contribution in [0.2, 0.25) is 0 Å². The highest BCUT2D eigenvalue weighted by molar-refractivity contribution is 5.94. The first-order valence-electron chi connectivity index (χ1n) is 13.0. The average molecular weight is 492 g/mol. The molecule has 0 unspecified atom stereocenters. The second-order valence-corrected chi connectivity index (χ2v) is 11.1. The lowest BCUT2D eigenvalue weighted by molar-refractivity contribution is -0.116. The molecule has 8 nitrogen and oxygen atoms in total. The first kappa shape index (κ1) is 24.7. The Bertz CT molecular complexity index is 1080. The maximum absolute atomic E-state index is 13.7. The Hall–Kier alpha value is -2.97. The zero-order valence-corrected chi connectivity index (χ0v) is 21.3. The number of hydrogen-bond donors (Lipinski definition) is 2. The third-order valence-electron chi connectivity index (χ3n) is 8.74. The highest BCUT2D eigenvalue weighted by Gasteiger charge is 2.56. The Labute approximate surface area is 213 Å². The number of benzene rings is 1. The molecule has 1 aliphatic heterocycles. The zero-order valence-electron chi connectivity index (χ0n) is 21.3. The largest absolute Gasteiger partial charge is 0.388 e. The van der Waals surface area contributed by atoms with Gasteiger partial charge in [-0.2, -0.15) is 0 Å². The Balaban J connectivity index is 1.37. The summed E-state index contributed by atoms with van der Waals surface area (Å²) in [5.41, 5.74) is -0.00461. The number of urea groups is 1. The quantitative estimate of drug-likeness (QED) is 0.619. The van der Waals surface area contributed by atoms with E-state index < -0.39 is 5.60 Å². The van der Waals surface area contributed by atoms with Gasteiger partial charge in [-0.05, 0) is 76.7 Å². The summed E-state index contributed by atoms with van der Waals surface area (Å²) in [5, 5.41) is 13.8. The fourth-order valence-electron chi connectivity index (χ4n) is 6.37. The van der Waals surface area contributed by atoms with E-state index in [0.29, 0.717) is 18.9 Å². The Morgan fingerprint density at radius 1 is 1.03 bits per heavy atom. The van der Waals surface area contributed by atoms with E-state index in [4.69, 9.17) is 0 Å². The van der Waals surface area contributed by atoms with Gasteiger partial charge in [0.05, 0.1) is 17.7 Å². The summed E-state index contributed by atoms with van der Waals surface area (Å²) >= 11 is 0. The molecule has 1 saturated heterocycles. The molecule has 2 saturated carbocycles. The number of carbonyl (C=O) groups excluding carboxylic acids is 2. The first-order valence-corrected chi connectivity index (χ1v) is 13.0. The van der Waals surface area contributed by atoms with Gasteiger partial charge in [0.1, 0.15) is 12.4 Å². The van der Waals surface area contributed by atoms with Crippen LogP contribution in [-0.2, 0) is 10.3 Å². The molecule has 0 bridgehead atoms. The predicted molar refractivity (Wildman–Crippen MR) is 138 cm³/mol. The van der Waals surface area contributed by atoms with Crippen LogP contribution >= 0.6 is 0 Å². The molecule has 192 valence electrons. The van der Waals surface area contributed by atoms with Crippen LogP contribution in [0.1, 0.15) is 50.5 Å². The van der Waals surface area contributed by atoms with Crippen LogP contribution in [0.15, 0.2) is 54.7 Å². The fourth-order valence-corrected chi connectivity index (χ4v) is 6.37. The number of β-amino-alcohol motifs (C(OH)–C–C–N with tert-alkyl or cyclic N) is 1. The van der Waals surface area contributed by atoms with Gasteiger partial charge in [0, 0.05) is 18.3 Å². The van der Waals surface area contributed by atoms with E-state index in [-0.39, 0.29) is 29.6 Å². The highest BCUT2D eigenvalue weighted by Crippen LogP contribution is 2.50. The lowest BCUT2D eigenvalue weighted by Gasteiger charge is -2.52. The molecule has 8 heteroatoms. The molecule has 2 N–H and O–H groups in total. The summed E-state index contributed by atoms with van der Waals surface area (Å²) in [6, 6.07) is 15.8. The molecule has 2 aliphatic carbocycles. The standard InChI is InChI=1S/C28H37N5O3/c1-31(2)28(22-9-4-3-5-10-22)16-14-26(15-17-28)20-32(19-24(34)30-23-11-6-7-18-29-23)25(35)33(26)21-27(36)12-8-13-27/h3-7,9-11,18,36H,8,12-17,19-21H2,1-2H3,(H,29,30,34)/t26-,28+. The normalized spacial score (nSPS) is 27.4. The van der Waals surface area contributed by atoms with Gasteiger partial charge < -0.3 is 20.2 Å². The van der Waals surface area contributed by atoms with E-state index in [1.54, 1.807) is 23.2 Å². The van der Waals surface area contributed by atoms with Crippen LogP contribution in [0, 0.1) is 0 Å². The van der Waals surface area contributed by atoms with Crippen molar-refractivity contribution in [2.24, 2.45) is 0 Å². The molecule has 0 radical (unpaired) electrons. The molecule has 3 amide bonds. The predicted octanol–water partition coefficient (Wildman–Crippen LogP) is 3.44. The van der Waals surface area contributed by atoms with E-state index in [9.17, 15) is 14.7 Å². The number of anilines is 1. The Kier molecular flexibility index (Phi) is 6.51. The minimum absolute atomic E-state index is 0.0242. The molecule has 2 aromatic rings. The summed E-state index contributed by atoms with van der Waals surface area (Å²) in [6.07, 6.45) is 7.50. The lowest BCUT2D eigenvalue weighted by atomic mass is 9.67. The van der Waals surface area contributed by atoms with Crippen molar-refractivity contribution in [1.29, 1.82) is 0 Å². The maximum atomic E-state index is 13.7. The van der Waals surface area contributed by atoms with Gasteiger partial charge in [0.15, 0.2) is 0 Å². The van der Waals surface area contributed by atoms with Gasteiger partial charge in [-0.3, -0.25) is 9.69 Å². The maximum Gasteiger partial charge on any atom is 0.321 e. The smallest absolute Gasteiger partial charge is 0.321 e. The number of nitrogens with zero attached hydrogens (tertiary/aromatic N) is 4. The second-order valence-electron chi connectivity index (χ2n) is 11.1. The molecule has 36 heavy (non-hydrogen) atoms. The molecule has 3 aliphatic rings. The third kappa shape index (κ3) is 4.48. The number of hydrogen-bond acceptors (Lipinski definition) is 5. The number of aromatic nitrogens is 1. The van der Waals surface area contributed by atoms with E-state index in [2.05, 4.69) is 53.6 Å². The Morgan fingerprint density at radius 3 is 2.31 bits per heavy atom. The number of amides is 3. The molecule has 1 aromatic heterocycles.